The Morgan fingerprint density at radius 2 is 2.28 bits per heavy atom. The van der Waals surface area contributed by atoms with E-state index in [1.807, 2.05) is 24.3 Å². The molecule has 0 bridgehead atoms. The van der Waals surface area contributed by atoms with E-state index < -0.39 is 0 Å². The molecule has 0 atom stereocenters. The van der Waals surface area contributed by atoms with Gasteiger partial charge in [-0.15, -0.1) is 11.3 Å². The van der Waals surface area contributed by atoms with Gasteiger partial charge >= 0.3 is 0 Å². The van der Waals surface area contributed by atoms with Crippen LogP contribution in [0.5, 0.6) is 0 Å². The van der Waals surface area contributed by atoms with E-state index in [0.29, 0.717) is 12.3 Å². The van der Waals surface area contributed by atoms with Crippen molar-refractivity contribution in [2.75, 3.05) is 19.0 Å². The highest BCUT2D eigenvalue weighted by atomic mass is 32.1. The summed E-state index contributed by atoms with van der Waals surface area (Å²) in [5.41, 5.74) is 3.96. The van der Waals surface area contributed by atoms with E-state index in [-0.39, 0.29) is 5.91 Å². The lowest BCUT2D eigenvalue weighted by atomic mass is 10.1. The van der Waals surface area contributed by atoms with Crippen molar-refractivity contribution >= 4 is 22.9 Å². The molecular weight excluding hydrogens is 248 g/mol. The van der Waals surface area contributed by atoms with Gasteiger partial charge in [-0.2, -0.15) is 0 Å². The van der Waals surface area contributed by atoms with E-state index in [2.05, 4.69) is 10.3 Å². The van der Waals surface area contributed by atoms with Crippen molar-refractivity contribution in [3.63, 3.8) is 0 Å². The van der Waals surface area contributed by atoms with Crippen LogP contribution in [0.2, 0.25) is 0 Å². The summed E-state index contributed by atoms with van der Waals surface area (Å²) >= 11 is 1.40. The van der Waals surface area contributed by atoms with Gasteiger partial charge in [-0.3, -0.25) is 4.79 Å². The quantitative estimate of drug-likeness (QED) is 0.901. The number of amides is 1. The minimum Gasteiger partial charge on any atom is -0.384 e. The number of carbonyl (C=O) groups is 1. The number of methoxy groups -OCH3 is 1. The van der Waals surface area contributed by atoms with Crippen molar-refractivity contribution in [1.82, 2.24) is 4.98 Å². The largest absolute Gasteiger partial charge is 0.384 e. The number of para-hydroxylation sites is 1. The molecule has 18 heavy (non-hydrogen) atoms. The molecule has 0 unspecified atom stereocenters. The van der Waals surface area contributed by atoms with Gasteiger partial charge in [-0.25, -0.2) is 4.98 Å². The van der Waals surface area contributed by atoms with Crippen molar-refractivity contribution < 1.29 is 9.53 Å². The lowest BCUT2D eigenvalue weighted by Crippen LogP contribution is -2.14. The molecule has 2 aromatic rings. The molecule has 94 valence electrons. The van der Waals surface area contributed by atoms with Crippen LogP contribution in [0.1, 0.15) is 16.1 Å². The highest BCUT2D eigenvalue weighted by Crippen LogP contribution is 2.17. The molecule has 1 N–H and O–H groups in total. The molecule has 0 aliphatic heterocycles. The SMILES string of the molecule is COCCc1ccccc1NC(=O)c1cscn1. The highest BCUT2D eigenvalue weighted by molar-refractivity contribution is 7.07. The standard InChI is InChI=1S/C13H14N2O2S/c1-17-7-6-10-4-2-3-5-11(10)15-13(16)12-8-18-9-14-12/h2-5,8-9H,6-7H2,1H3,(H,15,16). The first-order valence-corrected chi connectivity index (χ1v) is 6.52. The summed E-state index contributed by atoms with van der Waals surface area (Å²) in [6.07, 6.45) is 0.768. The maximum absolute atomic E-state index is 11.9. The van der Waals surface area contributed by atoms with Crippen LogP contribution in [0, 0.1) is 0 Å². The van der Waals surface area contributed by atoms with Gasteiger partial charge in [-0.1, -0.05) is 18.2 Å². The summed E-state index contributed by atoms with van der Waals surface area (Å²) < 4.78 is 5.05. The van der Waals surface area contributed by atoms with Crippen LogP contribution < -0.4 is 5.32 Å². The first-order chi connectivity index (χ1) is 8.81. The van der Waals surface area contributed by atoms with Gasteiger partial charge in [0.1, 0.15) is 5.69 Å². The lowest BCUT2D eigenvalue weighted by Gasteiger charge is -2.09. The van der Waals surface area contributed by atoms with Gasteiger partial charge in [0.2, 0.25) is 0 Å². The van der Waals surface area contributed by atoms with Crippen molar-refractivity contribution in [2.45, 2.75) is 6.42 Å². The first kappa shape index (κ1) is 12.7. The molecule has 0 fully saturated rings. The Morgan fingerprint density at radius 1 is 1.44 bits per heavy atom. The molecule has 0 aliphatic carbocycles. The molecule has 0 saturated heterocycles. The van der Waals surface area contributed by atoms with E-state index >= 15 is 0 Å². The van der Waals surface area contributed by atoms with Crippen LogP contribution in [0.15, 0.2) is 35.2 Å². The number of hydrogen-bond donors (Lipinski definition) is 1. The number of hydrogen-bond acceptors (Lipinski definition) is 4. The number of thiazole rings is 1. The lowest BCUT2D eigenvalue weighted by molar-refractivity contribution is 0.102. The van der Waals surface area contributed by atoms with E-state index in [1.54, 1.807) is 18.0 Å². The Morgan fingerprint density at radius 3 is 3.00 bits per heavy atom. The van der Waals surface area contributed by atoms with Crippen molar-refractivity contribution in [1.29, 1.82) is 0 Å². The molecule has 1 aromatic heterocycles. The molecule has 1 amide bonds. The average molecular weight is 262 g/mol. The fraction of sp³-hybridized carbons (Fsp3) is 0.231. The molecule has 0 radical (unpaired) electrons. The number of aromatic nitrogens is 1. The third-order valence-electron chi connectivity index (χ3n) is 2.51. The Balaban J connectivity index is 2.11. The van der Waals surface area contributed by atoms with Gasteiger partial charge in [0, 0.05) is 18.2 Å². The zero-order valence-electron chi connectivity index (χ0n) is 10.1. The number of nitrogens with zero attached hydrogens (tertiary/aromatic N) is 1. The smallest absolute Gasteiger partial charge is 0.275 e. The second-order valence-electron chi connectivity index (χ2n) is 3.73. The van der Waals surface area contributed by atoms with Crippen molar-refractivity contribution in [3.8, 4) is 0 Å². The molecule has 0 aliphatic rings. The summed E-state index contributed by atoms with van der Waals surface area (Å²) in [5.74, 6) is -0.180. The maximum Gasteiger partial charge on any atom is 0.275 e. The van der Waals surface area contributed by atoms with Crippen LogP contribution in [-0.2, 0) is 11.2 Å². The summed E-state index contributed by atoms with van der Waals surface area (Å²) in [5, 5.41) is 4.60. The third kappa shape index (κ3) is 3.15. The topological polar surface area (TPSA) is 51.2 Å². The molecule has 1 heterocycles. The van der Waals surface area contributed by atoms with Crippen molar-refractivity contribution in [2.24, 2.45) is 0 Å². The number of rotatable bonds is 5. The predicted molar refractivity (Wildman–Crippen MR) is 72.1 cm³/mol. The normalized spacial score (nSPS) is 10.3. The zero-order valence-corrected chi connectivity index (χ0v) is 10.9. The number of nitrogens with one attached hydrogen (secondary N) is 1. The molecule has 0 spiro atoms. The molecular formula is C13H14N2O2S. The fourth-order valence-electron chi connectivity index (χ4n) is 1.58. The van der Waals surface area contributed by atoms with E-state index in [1.165, 1.54) is 11.3 Å². The third-order valence-corrected chi connectivity index (χ3v) is 3.09. The van der Waals surface area contributed by atoms with E-state index in [9.17, 15) is 4.79 Å². The summed E-state index contributed by atoms with van der Waals surface area (Å²) in [6.45, 7) is 0.629. The van der Waals surface area contributed by atoms with Crippen molar-refractivity contribution in [3.05, 3.63) is 46.4 Å². The van der Waals surface area contributed by atoms with Gasteiger partial charge < -0.3 is 10.1 Å². The fourth-order valence-corrected chi connectivity index (χ4v) is 2.12. The highest BCUT2D eigenvalue weighted by Gasteiger charge is 2.10. The molecule has 5 heteroatoms. The van der Waals surface area contributed by atoms with Crippen LogP contribution >= 0.6 is 11.3 Å². The van der Waals surface area contributed by atoms with Gasteiger partial charge in [0.25, 0.3) is 5.91 Å². The van der Waals surface area contributed by atoms with E-state index in [0.717, 1.165) is 17.7 Å². The second-order valence-corrected chi connectivity index (χ2v) is 4.45. The zero-order chi connectivity index (χ0) is 12.8. The van der Waals surface area contributed by atoms with Crippen LogP contribution in [0.4, 0.5) is 5.69 Å². The Labute approximate surface area is 110 Å². The van der Waals surface area contributed by atoms with Crippen LogP contribution in [0.3, 0.4) is 0 Å². The molecule has 4 nitrogen and oxygen atoms in total. The minimum atomic E-state index is -0.180. The van der Waals surface area contributed by atoms with Crippen LogP contribution in [0.25, 0.3) is 0 Å². The number of anilines is 1. The van der Waals surface area contributed by atoms with E-state index in [4.69, 9.17) is 4.74 Å². The summed E-state index contributed by atoms with van der Waals surface area (Å²) in [4.78, 5) is 15.9. The second kappa shape index (κ2) is 6.28. The Bertz CT molecular complexity index is 511. The monoisotopic (exact) mass is 262 g/mol. The van der Waals surface area contributed by atoms with Gasteiger partial charge in [0.15, 0.2) is 0 Å². The number of carbonyl (C=O) groups excluding carboxylic acids is 1. The Kier molecular flexibility index (Phi) is 4.44. The first-order valence-electron chi connectivity index (χ1n) is 5.57. The molecule has 2 rings (SSSR count). The molecule has 1 aromatic carbocycles. The summed E-state index contributed by atoms with van der Waals surface area (Å²) in [6, 6.07) is 7.71. The summed E-state index contributed by atoms with van der Waals surface area (Å²) in [7, 11) is 1.66. The molecule has 0 saturated carbocycles. The number of ether oxygens (including phenoxy) is 1. The maximum atomic E-state index is 11.9. The van der Waals surface area contributed by atoms with Gasteiger partial charge in [-0.05, 0) is 18.1 Å². The van der Waals surface area contributed by atoms with Gasteiger partial charge in [0.05, 0.1) is 12.1 Å². The predicted octanol–water partition coefficient (Wildman–Crippen LogP) is 2.58. The Hall–Kier alpha value is -1.72. The number of benzene rings is 1. The van der Waals surface area contributed by atoms with Crippen LogP contribution in [-0.4, -0.2) is 24.6 Å². The average Bonchev–Trinajstić information content (AvgIpc) is 2.91. The minimum absolute atomic E-state index is 0.180.